The van der Waals surface area contributed by atoms with Gasteiger partial charge in [-0.1, -0.05) is 13.3 Å². The molecule has 18 heavy (non-hydrogen) atoms. The van der Waals surface area contributed by atoms with Gasteiger partial charge in [0, 0.05) is 5.56 Å². The number of ether oxygens (including phenoxy) is 2. The molecular weight excluding hydrogens is 228 g/mol. The predicted octanol–water partition coefficient (Wildman–Crippen LogP) is 3.47. The van der Waals surface area contributed by atoms with Gasteiger partial charge in [-0.05, 0) is 43.4 Å². The molecule has 1 saturated carbocycles. The van der Waals surface area contributed by atoms with E-state index in [0.717, 1.165) is 30.8 Å². The number of benzene rings is 1. The van der Waals surface area contributed by atoms with E-state index in [-0.39, 0.29) is 6.10 Å². The largest absolute Gasteiger partial charge is 0.493 e. The maximum Gasteiger partial charge on any atom is 0.161 e. The number of rotatable bonds is 4. The molecule has 1 fully saturated rings. The summed E-state index contributed by atoms with van der Waals surface area (Å²) in [5, 5.41) is 0. The first-order valence-electron chi connectivity index (χ1n) is 6.52. The molecule has 0 aromatic heterocycles. The Balaban J connectivity index is 2.10. The van der Waals surface area contributed by atoms with E-state index in [2.05, 4.69) is 6.92 Å². The van der Waals surface area contributed by atoms with Crippen molar-refractivity contribution in [2.45, 2.75) is 38.7 Å². The van der Waals surface area contributed by atoms with Crippen molar-refractivity contribution in [2.24, 2.45) is 5.92 Å². The van der Waals surface area contributed by atoms with Crippen LogP contribution in [-0.2, 0) is 0 Å². The van der Waals surface area contributed by atoms with Gasteiger partial charge in [0.1, 0.15) is 6.29 Å². The minimum Gasteiger partial charge on any atom is -0.493 e. The molecule has 98 valence electrons. The highest BCUT2D eigenvalue weighted by Gasteiger charge is 2.21. The Hall–Kier alpha value is -1.51. The zero-order chi connectivity index (χ0) is 13.0. The molecule has 2 atom stereocenters. The highest BCUT2D eigenvalue weighted by atomic mass is 16.5. The Morgan fingerprint density at radius 1 is 1.28 bits per heavy atom. The maximum atomic E-state index is 10.7. The fourth-order valence-corrected chi connectivity index (χ4v) is 2.52. The predicted molar refractivity (Wildman–Crippen MR) is 70.4 cm³/mol. The molecule has 0 aliphatic heterocycles. The van der Waals surface area contributed by atoms with Gasteiger partial charge in [0.25, 0.3) is 0 Å². The second-order valence-electron chi connectivity index (χ2n) is 5.04. The van der Waals surface area contributed by atoms with Crippen LogP contribution in [0.5, 0.6) is 11.5 Å². The second kappa shape index (κ2) is 5.89. The number of methoxy groups -OCH3 is 1. The maximum absolute atomic E-state index is 10.7. The highest BCUT2D eigenvalue weighted by molar-refractivity contribution is 5.76. The molecule has 1 aliphatic carbocycles. The van der Waals surface area contributed by atoms with E-state index in [4.69, 9.17) is 9.47 Å². The average Bonchev–Trinajstić information content (AvgIpc) is 2.39. The Labute approximate surface area is 108 Å². The first-order chi connectivity index (χ1) is 8.72. The summed E-state index contributed by atoms with van der Waals surface area (Å²) in [6.45, 7) is 2.27. The molecule has 0 amide bonds. The molecule has 0 N–H and O–H groups in total. The quantitative estimate of drug-likeness (QED) is 0.765. The Bertz CT molecular complexity index is 414. The molecule has 2 unspecified atom stereocenters. The summed E-state index contributed by atoms with van der Waals surface area (Å²) in [5.74, 6) is 2.10. The van der Waals surface area contributed by atoms with Crippen molar-refractivity contribution in [1.82, 2.24) is 0 Å². The van der Waals surface area contributed by atoms with Crippen LogP contribution in [0.25, 0.3) is 0 Å². The number of hydrogen-bond acceptors (Lipinski definition) is 3. The fourth-order valence-electron chi connectivity index (χ4n) is 2.52. The van der Waals surface area contributed by atoms with Crippen LogP contribution in [-0.4, -0.2) is 19.5 Å². The SMILES string of the molecule is COc1cc(C=O)ccc1OC1CCCC(C)C1. The topological polar surface area (TPSA) is 35.5 Å². The molecule has 0 bridgehead atoms. The van der Waals surface area contributed by atoms with Gasteiger partial charge < -0.3 is 9.47 Å². The van der Waals surface area contributed by atoms with Crippen LogP contribution < -0.4 is 9.47 Å². The smallest absolute Gasteiger partial charge is 0.161 e. The van der Waals surface area contributed by atoms with Gasteiger partial charge in [-0.2, -0.15) is 0 Å². The highest BCUT2D eigenvalue weighted by Crippen LogP contribution is 2.32. The first kappa shape index (κ1) is 12.9. The zero-order valence-electron chi connectivity index (χ0n) is 11.0. The molecule has 0 heterocycles. The molecule has 1 aliphatic rings. The summed E-state index contributed by atoms with van der Waals surface area (Å²) < 4.78 is 11.3. The van der Waals surface area contributed by atoms with Crippen LogP contribution >= 0.6 is 0 Å². The minimum atomic E-state index is 0.268. The third kappa shape index (κ3) is 3.03. The van der Waals surface area contributed by atoms with Crippen molar-refractivity contribution in [3.05, 3.63) is 23.8 Å². The van der Waals surface area contributed by atoms with Gasteiger partial charge in [-0.15, -0.1) is 0 Å². The van der Waals surface area contributed by atoms with E-state index in [9.17, 15) is 4.79 Å². The van der Waals surface area contributed by atoms with Gasteiger partial charge in [0.15, 0.2) is 11.5 Å². The number of aldehydes is 1. The van der Waals surface area contributed by atoms with Crippen molar-refractivity contribution in [3.8, 4) is 11.5 Å². The summed E-state index contributed by atoms with van der Waals surface area (Å²) in [5.41, 5.74) is 0.608. The summed E-state index contributed by atoms with van der Waals surface area (Å²) in [4.78, 5) is 10.7. The lowest BCUT2D eigenvalue weighted by molar-refractivity contribution is 0.112. The van der Waals surface area contributed by atoms with Gasteiger partial charge in [0.05, 0.1) is 13.2 Å². The molecule has 3 nitrogen and oxygen atoms in total. The standard InChI is InChI=1S/C15H20O3/c1-11-4-3-5-13(8-11)18-14-7-6-12(10-16)9-15(14)17-2/h6-7,9-11,13H,3-5,8H2,1-2H3. The van der Waals surface area contributed by atoms with Crippen molar-refractivity contribution in [2.75, 3.05) is 7.11 Å². The van der Waals surface area contributed by atoms with Crippen molar-refractivity contribution in [1.29, 1.82) is 0 Å². The van der Waals surface area contributed by atoms with Crippen molar-refractivity contribution >= 4 is 6.29 Å². The van der Waals surface area contributed by atoms with Crippen molar-refractivity contribution < 1.29 is 14.3 Å². The molecule has 1 aromatic rings. The Kier molecular flexibility index (Phi) is 4.24. The monoisotopic (exact) mass is 248 g/mol. The van der Waals surface area contributed by atoms with Crippen LogP contribution in [0.2, 0.25) is 0 Å². The number of carbonyl (C=O) groups excluding carboxylic acids is 1. The lowest BCUT2D eigenvalue weighted by Crippen LogP contribution is -2.24. The fraction of sp³-hybridized carbons (Fsp3) is 0.533. The lowest BCUT2D eigenvalue weighted by atomic mass is 9.89. The molecule has 0 spiro atoms. The van der Waals surface area contributed by atoms with E-state index < -0.39 is 0 Å². The lowest BCUT2D eigenvalue weighted by Gasteiger charge is -2.28. The molecule has 0 radical (unpaired) electrons. The van der Waals surface area contributed by atoms with E-state index in [1.807, 2.05) is 6.07 Å². The number of hydrogen-bond donors (Lipinski definition) is 0. The Morgan fingerprint density at radius 2 is 2.11 bits per heavy atom. The van der Waals surface area contributed by atoms with E-state index >= 15 is 0 Å². The minimum absolute atomic E-state index is 0.268. The number of carbonyl (C=O) groups is 1. The summed E-state index contributed by atoms with van der Waals surface area (Å²) in [7, 11) is 1.60. The zero-order valence-corrected chi connectivity index (χ0v) is 11.0. The third-order valence-electron chi connectivity index (χ3n) is 3.51. The third-order valence-corrected chi connectivity index (χ3v) is 3.51. The van der Waals surface area contributed by atoms with Crippen LogP contribution in [0, 0.1) is 5.92 Å². The van der Waals surface area contributed by atoms with E-state index in [1.54, 1.807) is 19.2 Å². The van der Waals surface area contributed by atoms with Gasteiger partial charge in [0.2, 0.25) is 0 Å². The van der Waals surface area contributed by atoms with Gasteiger partial charge in [-0.3, -0.25) is 4.79 Å². The first-order valence-corrected chi connectivity index (χ1v) is 6.52. The summed E-state index contributed by atoms with van der Waals surface area (Å²) in [6, 6.07) is 5.30. The van der Waals surface area contributed by atoms with Crippen LogP contribution in [0.1, 0.15) is 43.0 Å². The molecule has 3 heteroatoms. The average molecular weight is 248 g/mol. The Morgan fingerprint density at radius 3 is 2.78 bits per heavy atom. The normalized spacial score (nSPS) is 23.4. The molecule has 0 saturated heterocycles. The summed E-state index contributed by atoms with van der Waals surface area (Å²) >= 11 is 0. The molecule has 2 rings (SSSR count). The second-order valence-corrected chi connectivity index (χ2v) is 5.04. The van der Waals surface area contributed by atoms with Gasteiger partial charge >= 0.3 is 0 Å². The summed E-state index contributed by atoms with van der Waals surface area (Å²) in [6.07, 6.45) is 5.79. The van der Waals surface area contributed by atoms with E-state index in [1.165, 1.54) is 12.8 Å². The molecular formula is C15H20O3. The molecule has 1 aromatic carbocycles. The van der Waals surface area contributed by atoms with Crippen LogP contribution in [0.4, 0.5) is 0 Å². The van der Waals surface area contributed by atoms with Gasteiger partial charge in [-0.25, -0.2) is 0 Å². The van der Waals surface area contributed by atoms with Crippen molar-refractivity contribution in [3.63, 3.8) is 0 Å². The van der Waals surface area contributed by atoms with Crippen LogP contribution in [0.15, 0.2) is 18.2 Å². The van der Waals surface area contributed by atoms with Crippen LogP contribution in [0.3, 0.4) is 0 Å². The van der Waals surface area contributed by atoms with E-state index in [0.29, 0.717) is 11.3 Å².